The fraction of sp³-hybridized carbons (Fsp3) is 0.423. The van der Waals surface area contributed by atoms with Crippen molar-refractivity contribution in [2.24, 2.45) is 5.73 Å². The molecule has 2 atom stereocenters. The van der Waals surface area contributed by atoms with Gasteiger partial charge in [0.05, 0.1) is 11.1 Å². The van der Waals surface area contributed by atoms with E-state index < -0.39 is 16.7 Å². The lowest BCUT2D eigenvalue weighted by Crippen LogP contribution is -2.23. The van der Waals surface area contributed by atoms with Crippen LogP contribution in [0.25, 0.3) is 22.0 Å². The summed E-state index contributed by atoms with van der Waals surface area (Å²) in [5.41, 5.74) is 10.4. The van der Waals surface area contributed by atoms with E-state index in [0.717, 1.165) is 45.5 Å². The van der Waals surface area contributed by atoms with Crippen LogP contribution in [0.1, 0.15) is 65.2 Å². The second-order valence-corrected chi connectivity index (χ2v) is 12.0. The second-order valence-electron chi connectivity index (χ2n) is 9.32. The molecular formula is C26H31N3O2S2. The smallest absolute Gasteiger partial charge is 0.250 e. The zero-order valence-electron chi connectivity index (χ0n) is 18.9. The summed E-state index contributed by atoms with van der Waals surface area (Å²) in [7, 11) is -0.930. The molecular weight excluding hydrogens is 450 g/mol. The van der Waals surface area contributed by atoms with Crippen LogP contribution in [0, 0.1) is 0 Å². The third-order valence-corrected chi connectivity index (χ3v) is 9.38. The molecule has 4 heterocycles. The van der Waals surface area contributed by atoms with Crippen LogP contribution >= 0.6 is 11.3 Å². The van der Waals surface area contributed by atoms with Crippen LogP contribution in [0.2, 0.25) is 0 Å². The average molecular weight is 482 g/mol. The van der Waals surface area contributed by atoms with Gasteiger partial charge in [-0.25, -0.2) is 0 Å². The molecule has 2 saturated heterocycles. The van der Waals surface area contributed by atoms with Gasteiger partial charge in [0.2, 0.25) is 0 Å². The van der Waals surface area contributed by atoms with Gasteiger partial charge in [0.25, 0.3) is 5.91 Å². The molecule has 3 aromatic rings. The predicted octanol–water partition coefficient (Wildman–Crippen LogP) is 5.51. The van der Waals surface area contributed by atoms with E-state index in [1.54, 1.807) is 11.3 Å². The minimum atomic E-state index is -0.930. The Labute approximate surface area is 201 Å². The number of nitrogens with zero attached hydrogens (tertiary/aromatic N) is 1. The number of thiophene rings is 1. The van der Waals surface area contributed by atoms with Gasteiger partial charge in [0.15, 0.2) is 0 Å². The van der Waals surface area contributed by atoms with E-state index in [1.807, 2.05) is 12.3 Å². The number of likely N-dealkylation sites (tertiary alicyclic amines) is 1. The number of nitrogens with one attached hydrogen (secondary N) is 1. The molecule has 5 nitrogen and oxygen atoms in total. The van der Waals surface area contributed by atoms with Crippen LogP contribution in [-0.4, -0.2) is 38.8 Å². The highest BCUT2D eigenvalue weighted by Gasteiger charge is 2.26. The van der Waals surface area contributed by atoms with Crippen molar-refractivity contribution in [3.8, 4) is 11.1 Å². The number of hydrogen-bond donors (Lipinski definition) is 2. The fourth-order valence-corrected chi connectivity index (χ4v) is 7.32. The topological polar surface area (TPSA) is 79.2 Å². The van der Waals surface area contributed by atoms with Crippen LogP contribution in [0.3, 0.4) is 0 Å². The minimum absolute atomic E-state index is 0.251. The van der Waals surface area contributed by atoms with Crippen LogP contribution < -0.4 is 5.73 Å². The molecule has 2 fully saturated rings. The first-order chi connectivity index (χ1) is 16.0. The Bertz CT molecular complexity index is 1220. The van der Waals surface area contributed by atoms with Crippen LogP contribution in [0.15, 0.2) is 41.3 Å². The molecule has 2 aliphatic rings. The quantitative estimate of drug-likeness (QED) is 0.504. The normalized spacial score (nSPS) is 22.5. The van der Waals surface area contributed by atoms with Crippen molar-refractivity contribution in [1.82, 2.24) is 9.88 Å². The van der Waals surface area contributed by atoms with Crippen LogP contribution in [-0.2, 0) is 17.3 Å². The molecule has 1 aromatic carbocycles. The number of rotatable bonds is 5. The number of H-pyrrole nitrogens is 1. The third-order valence-electron chi connectivity index (χ3n) is 7.04. The lowest BCUT2D eigenvalue weighted by molar-refractivity contribution is 0.100. The molecule has 3 N–H and O–H groups in total. The number of carbonyl (C=O) groups is 1. The largest absolute Gasteiger partial charge is 0.366 e. The van der Waals surface area contributed by atoms with Gasteiger partial charge in [0.1, 0.15) is 0 Å². The van der Waals surface area contributed by atoms with Gasteiger partial charge in [-0.1, -0.05) is 19.4 Å². The van der Waals surface area contributed by atoms with Gasteiger partial charge in [-0.3, -0.25) is 13.9 Å². The lowest BCUT2D eigenvalue weighted by atomic mass is 9.90. The van der Waals surface area contributed by atoms with Crippen LogP contribution in [0.4, 0.5) is 0 Å². The number of hydrogen-bond acceptors (Lipinski definition) is 4. The van der Waals surface area contributed by atoms with E-state index in [2.05, 4.69) is 34.0 Å². The fourth-order valence-electron chi connectivity index (χ4n) is 5.21. The van der Waals surface area contributed by atoms with Gasteiger partial charge in [-0.15, -0.1) is 11.3 Å². The molecule has 33 heavy (non-hydrogen) atoms. The molecule has 0 aliphatic carbocycles. The molecule has 0 saturated carbocycles. The second kappa shape index (κ2) is 9.57. The molecule has 7 heteroatoms. The highest BCUT2D eigenvalue weighted by atomic mass is 32.2. The van der Waals surface area contributed by atoms with Crippen LogP contribution in [0.5, 0.6) is 0 Å². The molecule has 1 amide bonds. The zero-order valence-corrected chi connectivity index (χ0v) is 20.5. The van der Waals surface area contributed by atoms with Crippen molar-refractivity contribution in [1.29, 1.82) is 0 Å². The molecule has 0 bridgehead atoms. The van der Waals surface area contributed by atoms with Crippen molar-refractivity contribution in [3.05, 3.63) is 57.3 Å². The number of primary amides is 1. The average Bonchev–Trinajstić information content (AvgIpc) is 3.36. The first-order valence-corrected chi connectivity index (χ1v) is 14.0. The predicted molar refractivity (Wildman–Crippen MR) is 138 cm³/mol. The van der Waals surface area contributed by atoms with Crippen molar-refractivity contribution >= 4 is 38.9 Å². The molecule has 2 unspecified atom stereocenters. The number of aromatic nitrogens is 1. The van der Waals surface area contributed by atoms with Gasteiger partial charge >= 0.3 is 0 Å². The van der Waals surface area contributed by atoms with E-state index in [4.69, 9.17) is 5.73 Å². The SMILES string of the molecule is C=C1CC(c2c[nH]c3c(C(N)=O)cc(-c4csc(CN5CCCCCC5)c4)cc23)CCS1=O. The lowest BCUT2D eigenvalue weighted by Gasteiger charge is -2.23. The highest BCUT2D eigenvalue weighted by Crippen LogP contribution is 2.39. The Morgan fingerprint density at radius 2 is 1.97 bits per heavy atom. The maximum Gasteiger partial charge on any atom is 0.250 e. The first-order valence-electron chi connectivity index (χ1n) is 11.8. The van der Waals surface area contributed by atoms with E-state index in [1.165, 1.54) is 43.6 Å². The summed E-state index contributed by atoms with van der Waals surface area (Å²) in [5.74, 6) is 0.466. The summed E-state index contributed by atoms with van der Waals surface area (Å²) in [6.07, 6.45) is 8.81. The van der Waals surface area contributed by atoms with Crippen molar-refractivity contribution in [3.63, 3.8) is 0 Å². The van der Waals surface area contributed by atoms with E-state index >= 15 is 0 Å². The summed E-state index contributed by atoms with van der Waals surface area (Å²) < 4.78 is 12.1. The first kappa shape index (κ1) is 22.6. The van der Waals surface area contributed by atoms with Gasteiger partial charge in [-0.05, 0) is 85.0 Å². The number of nitrogens with two attached hydrogens (primary N) is 1. The number of amides is 1. The Morgan fingerprint density at radius 1 is 1.18 bits per heavy atom. The number of aromatic amines is 1. The van der Waals surface area contributed by atoms with Crippen molar-refractivity contribution in [2.45, 2.75) is 51.0 Å². The van der Waals surface area contributed by atoms with E-state index in [-0.39, 0.29) is 5.92 Å². The van der Waals surface area contributed by atoms with Gasteiger partial charge < -0.3 is 10.7 Å². The van der Waals surface area contributed by atoms with E-state index in [9.17, 15) is 9.00 Å². The standard InChI is InChI=1S/C26H31N3O2S2/c1-17-10-18(6-9-33(17)31)24-14-28-25-22(24)12-19(13-23(25)26(27)30)20-11-21(32-16-20)15-29-7-4-2-3-5-8-29/h11-14,16,18,28H,1-10,15H2,(H2,27,30). The molecule has 5 rings (SSSR count). The number of carbonyl (C=O) groups excluding carboxylic acids is 1. The Hall–Kier alpha value is -2.22. The molecule has 0 radical (unpaired) electrons. The summed E-state index contributed by atoms with van der Waals surface area (Å²) in [4.78, 5) is 20.3. The molecule has 2 aliphatic heterocycles. The monoisotopic (exact) mass is 481 g/mol. The summed E-state index contributed by atoms with van der Waals surface area (Å²) in [5, 5.41) is 3.23. The minimum Gasteiger partial charge on any atom is -0.366 e. The third kappa shape index (κ3) is 4.72. The Morgan fingerprint density at radius 3 is 2.70 bits per heavy atom. The Balaban J connectivity index is 1.48. The maximum absolute atomic E-state index is 12.3. The highest BCUT2D eigenvalue weighted by molar-refractivity contribution is 7.89. The maximum atomic E-state index is 12.3. The van der Waals surface area contributed by atoms with E-state index in [0.29, 0.717) is 17.7 Å². The van der Waals surface area contributed by atoms with Crippen molar-refractivity contribution < 1.29 is 9.00 Å². The molecule has 0 spiro atoms. The summed E-state index contributed by atoms with van der Waals surface area (Å²) in [6.45, 7) is 7.36. The zero-order chi connectivity index (χ0) is 22.9. The van der Waals surface area contributed by atoms with Gasteiger partial charge in [-0.2, -0.15) is 0 Å². The summed E-state index contributed by atoms with van der Waals surface area (Å²) >= 11 is 1.79. The number of allylic oxidation sites excluding steroid dienone is 1. The van der Waals surface area contributed by atoms with Gasteiger partial charge in [0, 0.05) is 44.5 Å². The molecule has 174 valence electrons. The number of benzene rings is 1. The molecule has 2 aromatic heterocycles. The summed E-state index contributed by atoms with van der Waals surface area (Å²) in [6, 6.07) is 6.36. The Kier molecular flexibility index (Phi) is 6.54. The van der Waals surface area contributed by atoms with Crippen molar-refractivity contribution in [2.75, 3.05) is 18.8 Å². The number of fused-ring (bicyclic) bond motifs is 1.